The first-order valence-corrected chi connectivity index (χ1v) is 14.9. The van der Waals surface area contributed by atoms with Crippen LogP contribution in [-0.2, 0) is 4.79 Å². The first kappa shape index (κ1) is 40.2. The summed E-state index contributed by atoms with van der Waals surface area (Å²) >= 11 is 5.79. The molecule has 1 aromatic rings. The molecule has 1 aromatic carbocycles. The molecule has 0 heterocycles. The Balaban J connectivity index is 0. The molecule has 0 bridgehead atoms. The Hall–Kier alpha value is -3.90. The van der Waals surface area contributed by atoms with E-state index in [1.165, 1.54) is 6.20 Å². The van der Waals surface area contributed by atoms with Crippen LogP contribution in [0.1, 0.15) is 73.8 Å². The fraction of sp³-hybridized carbons (Fsp3) is 0.343. The summed E-state index contributed by atoms with van der Waals surface area (Å²) in [7, 11) is 0. The van der Waals surface area contributed by atoms with Gasteiger partial charge in [0, 0.05) is 47.2 Å². The molecule has 2 atom stereocenters. The number of carbonyl (C=O) groups excluding carboxylic acids is 1. The Morgan fingerprint density at radius 3 is 2.31 bits per heavy atom. The Morgan fingerprint density at radius 1 is 1.14 bits per heavy atom. The Bertz CT molecular complexity index is 1150. The second-order valence-corrected chi connectivity index (χ2v) is 9.25. The van der Waals surface area contributed by atoms with Crippen LogP contribution in [-0.4, -0.2) is 16.8 Å². The van der Waals surface area contributed by atoms with Gasteiger partial charge in [0.15, 0.2) is 0 Å². The summed E-state index contributed by atoms with van der Waals surface area (Å²) in [6.07, 6.45) is 19.6. The van der Waals surface area contributed by atoms with E-state index in [0.29, 0.717) is 17.8 Å². The van der Waals surface area contributed by atoms with E-state index in [9.17, 15) is 4.79 Å². The molecule has 232 valence electrons. The minimum Gasteiger partial charge on any atom is -0.399 e. The van der Waals surface area contributed by atoms with Gasteiger partial charge in [-0.15, -0.1) is 6.58 Å². The van der Waals surface area contributed by atoms with Crippen LogP contribution in [0.15, 0.2) is 109 Å². The van der Waals surface area contributed by atoms with Gasteiger partial charge in [-0.1, -0.05) is 90.1 Å². The molecular weight excluding hydrogens is 542 g/mol. The lowest BCUT2D eigenvalue weighted by Gasteiger charge is -2.31. The zero-order chi connectivity index (χ0) is 32.7. The van der Waals surface area contributed by atoms with Crippen molar-refractivity contribution in [3.05, 3.63) is 114 Å². The smallest absolute Gasteiger partial charge is 0.251 e. The van der Waals surface area contributed by atoms with Crippen molar-refractivity contribution < 1.29 is 4.79 Å². The maximum Gasteiger partial charge on any atom is 0.251 e. The van der Waals surface area contributed by atoms with Crippen LogP contribution in [0.5, 0.6) is 0 Å². The summed E-state index contributed by atoms with van der Waals surface area (Å²) in [6, 6.07) is 5.20. The molecule has 0 saturated carbocycles. The second kappa shape index (κ2) is 23.8. The highest BCUT2D eigenvalue weighted by Crippen LogP contribution is 2.28. The topological polar surface area (TPSA) is 110 Å². The molecule has 2 unspecified atom stereocenters. The summed E-state index contributed by atoms with van der Waals surface area (Å²) in [4.78, 5) is 15.5. The zero-order valence-corrected chi connectivity index (χ0v) is 27.7. The number of nitrogens with two attached hydrogens (primary N) is 3. The van der Waals surface area contributed by atoms with E-state index >= 15 is 0 Å². The Kier molecular flexibility index (Phi) is 22.8. The number of benzene rings is 1. The molecule has 1 amide bonds. The van der Waals surface area contributed by atoms with Crippen molar-refractivity contribution in [3.8, 4) is 0 Å². The van der Waals surface area contributed by atoms with E-state index in [2.05, 4.69) is 31.5 Å². The number of halogens is 1. The van der Waals surface area contributed by atoms with Gasteiger partial charge in [0.05, 0.1) is 0 Å². The van der Waals surface area contributed by atoms with Gasteiger partial charge in [0.2, 0.25) is 0 Å². The Morgan fingerprint density at radius 2 is 1.79 bits per heavy atom. The van der Waals surface area contributed by atoms with Gasteiger partial charge in [0.25, 0.3) is 5.91 Å². The van der Waals surface area contributed by atoms with Crippen LogP contribution < -0.4 is 22.5 Å². The number of rotatable bonds is 14. The molecule has 0 aromatic heterocycles. The highest BCUT2D eigenvalue weighted by Gasteiger charge is 2.24. The van der Waals surface area contributed by atoms with Crippen LogP contribution in [0.2, 0.25) is 0 Å². The number of hydrogen-bond acceptors (Lipinski definition) is 5. The maximum absolute atomic E-state index is 13.7. The van der Waals surface area contributed by atoms with Gasteiger partial charge < -0.3 is 27.4 Å². The predicted octanol–water partition coefficient (Wildman–Crippen LogP) is 9.00. The summed E-state index contributed by atoms with van der Waals surface area (Å²) in [5, 5.41) is 3.18. The van der Waals surface area contributed by atoms with Crippen molar-refractivity contribution in [2.45, 2.75) is 74.3 Å². The Labute approximate surface area is 260 Å². The highest BCUT2D eigenvalue weighted by atomic mass is 35.5. The highest BCUT2D eigenvalue weighted by molar-refractivity contribution is 6.29. The number of hydrogen-bond donors (Lipinski definition) is 4. The number of nitrogens with one attached hydrogen (secondary N) is 1. The number of carbonyl (C=O) groups is 1. The summed E-state index contributed by atoms with van der Waals surface area (Å²) < 4.78 is 0. The molecule has 7 heteroatoms. The van der Waals surface area contributed by atoms with Crippen molar-refractivity contribution in [2.75, 3.05) is 11.1 Å². The lowest BCUT2D eigenvalue weighted by molar-refractivity contribution is -0.125. The standard InChI is InChI=1S/C31H42ClN5O.2C2H6/c1-7-11-16-37(29(13-9-3)23(6)17-24(12-8-2)19-25(33)10-4)31(38)18-22(5)27-20-26(34)14-15-28(27)36-21-30(32)35;2*1-2/h8-12,14-21,23,29,36H,3-4,7,13,33-35H2,1-2,5-6H3;2*1-2H3/b12-8-,16-11-,22-18+,24-17+,25-19-,30-21-;;. The number of allylic oxidation sites excluding steroid dienone is 7. The molecule has 0 fully saturated rings. The second-order valence-electron chi connectivity index (χ2n) is 8.81. The largest absolute Gasteiger partial charge is 0.399 e. The SMILES string of the molecule is C=CCC(C(C)/C=C(\C=C/C)/C=C(\N)C=C)N(/C=C\CC)C(=O)/C=C(\C)c1cc(N)ccc1N/C=C(\N)Cl.CC.CC. The molecule has 0 aliphatic carbocycles. The minimum atomic E-state index is -0.178. The minimum absolute atomic E-state index is 0.0198. The van der Waals surface area contributed by atoms with E-state index < -0.39 is 0 Å². The number of anilines is 2. The van der Waals surface area contributed by atoms with E-state index in [0.717, 1.165) is 28.8 Å². The zero-order valence-electron chi connectivity index (χ0n) is 27.0. The number of amides is 1. The summed E-state index contributed by atoms with van der Waals surface area (Å²) in [5.74, 6) is -0.178. The fourth-order valence-corrected chi connectivity index (χ4v) is 3.88. The van der Waals surface area contributed by atoms with Gasteiger partial charge in [-0.05, 0) is 74.1 Å². The molecule has 42 heavy (non-hydrogen) atoms. The van der Waals surface area contributed by atoms with E-state index in [1.807, 2.05) is 91.1 Å². The van der Waals surface area contributed by atoms with Gasteiger partial charge >= 0.3 is 0 Å². The van der Waals surface area contributed by atoms with Gasteiger partial charge in [-0.2, -0.15) is 0 Å². The van der Waals surface area contributed by atoms with E-state index in [1.54, 1.807) is 29.2 Å². The van der Waals surface area contributed by atoms with E-state index in [-0.39, 0.29) is 23.0 Å². The molecule has 0 spiro atoms. The summed E-state index contributed by atoms with van der Waals surface area (Å²) in [5.41, 5.74) is 21.9. The normalized spacial score (nSPS) is 13.8. The first-order valence-electron chi connectivity index (χ1n) is 14.6. The van der Waals surface area contributed by atoms with E-state index in [4.69, 9.17) is 28.8 Å². The van der Waals surface area contributed by atoms with Crippen LogP contribution in [0.25, 0.3) is 5.57 Å². The maximum atomic E-state index is 13.7. The molecular formula is C35H54ClN5O. The van der Waals surface area contributed by atoms with Crippen LogP contribution in [0.4, 0.5) is 11.4 Å². The molecule has 6 nitrogen and oxygen atoms in total. The molecule has 0 radical (unpaired) electrons. The van der Waals surface area contributed by atoms with Gasteiger partial charge in [-0.3, -0.25) is 4.79 Å². The predicted molar refractivity (Wildman–Crippen MR) is 188 cm³/mol. The molecule has 7 N–H and O–H groups in total. The van der Waals surface area contributed by atoms with Crippen molar-refractivity contribution in [2.24, 2.45) is 17.4 Å². The number of nitrogen functional groups attached to an aromatic ring is 1. The third kappa shape index (κ3) is 15.2. The first-order chi connectivity index (χ1) is 20.1. The fourth-order valence-electron chi connectivity index (χ4n) is 3.83. The monoisotopic (exact) mass is 595 g/mol. The molecule has 0 aliphatic heterocycles. The quantitative estimate of drug-likeness (QED) is 0.0564. The lowest BCUT2D eigenvalue weighted by Crippen LogP contribution is -2.39. The van der Waals surface area contributed by atoms with Gasteiger partial charge in [-0.25, -0.2) is 0 Å². The third-order valence-corrected chi connectivity index (χ3v) is 5.80. The lowest BCUT2D eigenvalue weighted by atomic mass is 9.93. The molecule has 0 aliphatic rings. The third-order valence-electron chi connectivity index (χ3n) is 5.69. The average molecular weight is 596 g/mol. The van der Waals surface area contributed by atoms with Crippen LogP contribution >= 0.6 is 11.6 Å². The average Bonchev–Trinajstić information content (AvgIpc) is 2.97. The van der Waals surface area contributed by atoms with Crippen molar-refractivity contribution in [1.29, 1.82) is 0 Å². The van der Waals surface area contributed by atoms with Crippen molar-refractivity contribution >= 4 is 34.5 Å². The van der Waals surface area contributed by atoms with Crippen molar-refractivity contribution in [1.82, 2.24) is 4.90 Å². The van der Waals surface area contributed by atoms with Crippen molar-refractivity contribution in [3.63, 3.8) is 0 Å². The molecule has 0 saturated heterocycles. The molecule has 1 rings (SSSR count). The summed E-state index contributed by atoms with van der Waals surface area (Å²) in [6.45, 7) is 23.6. The van der Waals surface area contributed by atoms with Crippen LogP contribution in [0, 0.1) is 5.92 Å². The number of nitrogens with zero attached hydrogens (tertiary/aromatic N) is 1. The van der Waals surface area contributed by atoms with Gasteiger partial charge in [0.1, 0.15) is 5.16 Å². The van der Waals surface area contributed by atoms with Crippen LogP contribution in [0.3, 0.4) is 0 Å².